The number of allylic oxidation sites excluding steroid dienone is 4. The Kier molecular flexibility index (Phi) is 2.02. The van der Waals surface area contributed by atoms with Gasteiger partial charge in [0.25, 0.3) is 0 Å². The number of halogens is 3. The average Bonchev–Trinajstić information content (AvgIpc) is 2.47. The third kappa shape index (κ3) is 1.29. The Bertz CT molecular complexity index is 511. The molecule has 0 aromatic carbocycles. The Balaban J connectivity index is 2.19. The Morgan fingerprint density at radius 2 is 2.00 bits per heavy atom. The van der Waals surface area contributed by atoms with Crippen LogP contribution in [0.2, 0.25) is 0 Å². The Morgan fingerprint density at radius 1 is 1.33 bits per heavy atom. The molecule has 0 bridgehead atoms. The van der Waals surface area contributed by atoms with Gasteiger partial charge in [0.15, 0.2) is 0 Å². The fraction of sp³-hybridized carbons (Fsp3) is 0.500. The maximum absolute atomic E-state index is 13.0. The number of rotatable bonds is 0. The second-order valence-electron chi connectivity index (χ2n) is 5.27. The van der Waals surface area contributed by atoms with Gasteiger partial charge in [-0.15, -0.1) is 0 Å². The third-order valence-corrected chi connectivity index (χ3v) is 3.55. The first-order chi connectivity index (χ1) is 8.23. The largest absolute Gasteiger partial charge is 0.418 e. The van der Waals surface area contributed by atoms with Gasteiger partial charge >= 0.3 is 6.18 Å². The van der Waals surface area contributed by atoms with E-state index in [9.17, 15) is 13.2 Å². The van der Waals surface area contributed by atoms with Crippen LogP contribution in [0.1, 0.15) is 20.3 Å². The molecular formula is C12H14F3N3. The molecule has 0 saturated carbocycles. The van der Waals surface area contributed by atoms with Crippen LogP contribution in [0.3, 0.4) is 0 Å². The first kappa shape index (κ1) is 11.6. The second kappa shape index (κ2) is 3.12. The van der Waals surface area contributed by atoms with Crippen LogP contribution in [0.25, 0.3) is 0 Å². The van der Waals surface area contributed by atoms with Crippen molar-refractivity contribution in [1.82, 2.24) is 15.6 Å². The van der Waals surface area contributed by atoms with E-state index in [4.69, 9.17) is 0 Å². The van der Waals surface area contributed by atoms with Crippen molar-refractivity contribution < 1.29 is 13.2 Å². The lowest BCUT2D eigenvalue weighted by Crippen LogP contribution is -2.68. The highest BCUT2D eigenvalue weighted by atomic mass is 19.4. The molecule has 1 saturated heterocycles. The molecule has 0 amide bonds. The van der Waals surface area contributed by atoms with E-state index in [1.165, 1.54) is 6.08 Å². The predicted molar refractivity (Wildman–Crippen MR) is 60.7 cm³/mol. The van der Waals surface area contributed by atoms with Gasteiger partial charge in [-0.1, -0.05) is 12.2 Å². The van der Waals surface area contributed by atoms with Crippen LogP contribution in [0.4, 0.5) is 13.2 Å². The molecule has 2 heterocycles. The highest BCUT2D eigenvalue weighted by Gasteiger charge is 2.52. The highest BCUT2D eigenvalue weighted by Crippen LogP contribution is 2.49. The first-order valence-corrected chi connectivity index (χ1v) is 5.77. The summed E-state index contributed by atoms with van der Waals surface area (Å²) in [6.07, 6.45) is -1.01. The number of hydrogen-bond acceptors (Lipinski definition) is 3. The number of likely N-dealkylation sites (N-methyl/N-ethyl adjacent to an activating group) is 1. The summed E-state index contributed by atoms with van der Waals surface area (Å²) < 4.78 is 39.1. The van der Waals surface area contributed by atoms with Crippen LogP contribution < -0.4 is 5.43 Å². The lowest BCUT2D eigenvalue weighted by Gasteiger charge is -2.50. The van der Waals surface area contributed by atoms with Gasteiger partial charge in [-0.3, -0.25) is 5.01 Å². The van der Waals surface area contributed by atoms with Gasteiger partial charge in [-0.25, -0.2) is 10.5 Å². The van der Waals surface area contributed by atoms with E-state index in [-0.39, 0.29) is 11.2 Å². The molecule has 0 aromatic heterocycles. The minimum atomic E-state index is -4.32. The van der Waals surface area contributed by atoms with Crippen molar-refractivity contribution in [3.05, 3.63) is 34.7 Å². The molecule has 98 valence electrons. The van der Waals surface area contributed by atoms with Crippen molar-refractivity contribution >= 4 is 0 Å². The maximum Gasteiger partial charge on any atom is 0.418 e. The van der Waals surface area contributed by atoms with E-state index in [1.54, 1.807) is 23.3 Å². The van der Waals surface area contributed by atoms with Gasteiger partial charge in [0, 0.05) is 12.6 Å². The van der Waals surface area contributed by atoms with Crippen LogP contribution >= 0.6 is 0 Å². The topological polar surface area (TPSA) is 18.5 Å². The molecule has 0 aromatic rings. The van der Waals surface area contributed by atoms with Crippen LogP contribution in [-0.2, 0) is 0 Å². The molecule has 0 unspecified atom stereocenters. The van der Waals surface area contributed by atoms with Crippen LogP contribution in [-0.4, -0.2) is 28.9 Å². The Labute approximate surface area is 103 Å². The van der Waals surface area contributed by atoms with E-state index in [0.29, 0.717) is 6.42 Å². The van der Waals surface area contributed by atoms with E-state index < -0.39 is 11.7 Å². The fourth-order valence-electron chi connectivity index (χ4n) is 2.86. The lowest BCUT2D eigenvalue weighted by atomic mass is 9.88. The summed E-state index contributed by atoms with van der Waals surface area (Å²) in [5.41, 5.74) is 4.28. The predicted octanol–water partition coefficient (Wildman–Crippen LogP) is 2.48. The molecule has 0 spiro atoms. The van der Waals surface area contributed by atoms with Crippen molar-refractivity contribution in [2.24, 2.45) is 0 Å². The molecule has 18 heavy (non-hydrogen) atoms. The van der Waals surface area contributed by atoms with Gasteiger partial charge in [0.1, 0.15) is 0 Å². The van der Waals surface area contributed by atoms with Crippen molar-refractivity contribution in [3.63, 3.8) is 0 Å². The molecule has 2 aliphatic heterocycles. The minimum absolute atomic E-state index is 0.271. The van der Waals surface area contributed by atoms with Crippen LogP contribution in [0.5, 0.6) is 0 Å². The molecule has 3 rings (SSSR count). The molecule has 0 radical (unpaired) electrons. The minimum Gasteiger partial charge on any atom is -0.273 e. The van der Waals surface area contributed by atoms with Crippen LogP contribution in [0.15, 0.2) is 34.7 Å². The zero-order valence-corrected chi connectivity index (χ0v) is 10.4. The number of nitrogens with one attached hydrogen (secondary N) is 1. The first-order valence-electron chi connectivity index (χ1n) is 5.77. The Morgan fingerprint density at radius 3 is 2.56 bits per heavy atom. The van der Waals surface area contributed by atoms with Gasteiger partial charge in [-0.2, -0.15) is 13.2 Å². The van der Waals surface area contributed by atoms with E-state index in [0.717, 1.165) is 11.3 Å². The number of fused-ring (bicyclic) bond motifs is 2. The van der Waals surface area contributed by atoms with Crippen LogP contribution in [0, 0.1) is 0 Å². The quantitative estimate of drug-likeness (QED) is 0.719. The van der Waals surface area contributed by atoms with Crippen molar-refractivity contribution in [3.8, 4) is 0 Å². The van der Waals surface area contributed by atoms with E-state index in [1.807, 2.05) is 13.8 Å². The standard InChI is InChI=1S/C12H14F3N3/c1-11(2)10-7-5-4-6-8(12(13,14)15)9(7)17(3)18(10)16-11/h4,6,16H,5H2,1-3H3. The normalized spacial score (nSPS) is 25.4. The van der Waals surface area contributed by atoms with E-state index >= 15 is 0 Å². The van der Waals surface area contributed by atoms with Crippen molar-refractivity contribution in [2.45, 2.75) is 32.0 Å². The van der Waals surface area contributed by atoms with E-state index in [2.05, 4.69) is 5.43 Å². The zero-order valence-electron chi connectivity index (χ0n) is 10.4. The molecule has 0 atom stereocenters. The summed E-state index contributed by atoms with van der Waals surface area (Å²) in [6.45, 7) is 3.93. The smallest absolute Gasteiger partial charge is 0.273 e. The number of alkyl halides is 3. The van der Waals surface area contributed by atoms with Gasteiger partial charge < -0.3 is 0 Å². The number of nitrogens with zero attached hydrogens (tertiary/aromatic N) is 2. The summed E-state index contributed by atoms with van der Waals surface area (Å²) in [6, 6.07) is 0. The molecule has 3 aliphatic rings. The molecule has 1 N–H and O–H groups in total. The summed E-state index contributed by atoms with van der Waals surface area (Å²) in [4.78, 5) is 0. The monoisotopic (exact) mass is 257 g/mol. The maximum atomic E-state index is 13.0. The lowest BCUT2D eigenvalue weighted by molar-refractivity contribution is -0.0985. The summed E-state index contributed by atoms with van der Waals surface area (Å²) in [7, 11) is 1.65. The SMILES string of the molecule is CN1C2=C(C(F)(F)F)C=CCC2=C2N1NC2(C)C. The average molecular weight is 257 g/mol. The van der Waals surface area contributed by atoms with Gasteiger partial charge in [0.05, 0.1) is 22.5 Å². The summed E-state index contributed by atoms with van der Waals surface area (Å²) in [5.74, 6) is 0. The fourth-order valence-corrected chi connectivity index (χ4v) is 2.86. The highest BCUT2D eigenvalue weighted by molar-refractivity contribution is 5.54. The number of hydrazine groups is 2. The molecular weight excluding hydrogens is 243 g/mol. The molecule has 1 fully saturated rings. The van der Waals surface area contributed by atoms with Gasteiger partial charge in [-0.05, 0) is 20.3 Å². The van der Waals surface area contributed by atoms with Crippen molar-refractivity contribution in [1.29, 1.82) is 0 Å². The Hall–Kier alpha value is -1.43. The zero-order chi connectivity index (χ0) is 13.3. The van der Waals surface area contributed by atoms with Crippen molar-refractivity contribution in [2.75, 3.05) is 7.05 Å². The second-order valence-corrected chi connectivity index (χ2v) is 5.27. The summed E-state index contributed by atoms with van der Waals surface area (Å²) in [5, 5.41) is 3.24. The summed E-state index contributed by atoms with van der Waals surface area (Å²) >= 11 is 0. The molecule has 1 aliphatic carbocycles. The molecule has 6 heteroatoms. The number of hydrogen-bond donors (Lipinski definition) is 1. The van der Waals surface area contributed by atoms with Gasteiger partial charge in [0.2, 0.25) is 0 Å². The molecule has 3 nitrogen and oxygen atoms in total. The third-order valence-electron chi connectivity index (χ3n) is 3.55.